The smallest absolute Gasteiger partial charge is 0.260 e. The Hall–Kier alpha value is -4.50. The van der Waals surface area contributed by atoms with Crippen molar-refractivity contribution in [3.05, 3.63) is 106 Å². The molecule has 4 aliphatic rings. The number of amides is 4. The van der Waals surface area contributed by atoms with Crippen LogP contribution >= 0.6 is 11.6 Å². The lowest BCUT2D eigenvalue weighted by molar-refractivity contribution is -0.140. The lowest BCUT2D eigenvalue weighted by Gasteiger charge is -2.50. The van der Waals surface area contributed by atoms with Gasteiger partial charge in [0.25, 0.3) is 11.8 Å². The summed E-state index contributed by atoms with van der Waals surface area (Å²) in [4.78, 5) is 57.2. The molecule has 2 aliphatic carbocycles. The van der Waals surface area contributed by atoms with Crippen LogP contribution in [0.4, 0.5) is 10.1 Å². The molecule has 0 unspecified atom stereocenters. The minimum atomic E-state index is -1.54. The summed E-state index contributed by atoms with van der Waals surface area (Å²) in [6.07, 6.45) is 2.37. The largest absolute Gasteiger partial charge is 0.507 e. The first-order valence-corrected chi connectivity index (χ1v) is 14.9. The predicted molar refractivity (Wildman–Crippen MR) is 160 cm³/mol. The van der Waals surface area contributed by atoms with Crippen LogP contribution < -0.4 is 5.43 Å². The van der Waals surface area contributed by atoms with Crippen LogP contribution in [0.3, 0.4) is 0 Å². The maximum absolute atomic E-state index is 15.0. The van der Waals surface area contributed by atoms with Gasteiger partial charge in [-0.3, -0.25) is 29.5 Å². The number of anilines is 1. The van der Waals surface area contributed by atoms with Crippen LogP contribution in [-0.2, 0) is 24.6 Å². The third kappa shape index (κ3) is 3.81. The number of rotatable bonds is 4. The van der Waals surface area contributed by atoms with Gasteiger partial charge in [0, 0.05) is 23.6 Å². The van der Waals surface area contributed by atoms with Gasteiger partial charge in [0.05, 0.1) is 28.9 Å². The molecule has 0 spiro atoms. The number of aromatic hydroxyl groups is 1. The fourth-order valence-corrected chi connectivity index (χ4v) is 8.20. The van der Waals surface area contributed by atoms with E-state index in [4.69, 9.17) is 11.6 Å². The molecule has 2 heterocycles. The SMILES string of the molecule is Cc1cccc([C@H]2C3=CC[C@@H]4C(=O)N(C)C(=O)[C@@H]4[C@@H]3C[C@H]3C(=O)N(Nc4ccc(F)cc4)C(=O)[C@@]23c2ccc(Cl)cc2)c1O. The van der Waals surface area contributed by atoms with E-state index >= 15 is 0 Å². The van der Waals surface area contributed by atoms with Crippen molar-refractivity contribution < 1.29 is 28.7 Å². The molecule has 4 amide bonds. The first-order valence-electron chi connectivity index (χ1n) is 14.5. The van der Waals surface area contributed by atoms with E-state index < -0.39 is 52.6 Å². The molecule has 224 valence electrons. The fourth-order valence-electron chi connectivity index (χ4n) is 8.07. The Morgan fingerprint density at radius 2 is 1.64 bits per heavy atom. The van der Waals surface area contributed by atoms with E-state index in [-0.39, 0.29) is 24.0 Å². The number of hydrogen-bond acceptors (Lipinski definition) is 6. The van der Waals surface area contributed by atoms with Gasteiger partial charge in [-0.1, -0.05) is 53.6 Å². The Balaban J connectivity index is 1.49. The minimum absolute atomic E-state index is 0.00982. The summed E-state index contributed by atoms with van der Waals surface area (Å²) in [6.45, 7) is 1.76. The van der Waals surface area contributed by atoms with Crippen LogP contribution in [0.1, 0.15) is 35.4 Å². The number of halogens is 2. The maximum Gasteiger partial charge on any atom is 0.260 e. The standard InChI is InChI=1S/C34H29ClFN3O5/c1-17-4-3-5-24(29(17)40)28-22-14-15-23-27(32(43)38(2)30(23)41)25(22)16-26-31(42)39(37-21-12-10-20(36)11-13-21)33(44)34(26,28)18-6-8-19(35)9-7-18/h3-14,23,25-28,37,40H,15-16H2,1-2H3/t23-,25+,26-,27-,28+,34+/m0/s1. The second-order valence-corrected chi connectivity index (χ2v) is 12.6. The highest BCUT2D eigenvalue weighted by molar-refractivity contribution is 6.30. The summed E-state index contributed by atoms with van der Waals surface area (Å²) in [5.74, 6) is -5.69. The van der Waals surface area contributed by atoms with Gasteiger partial charge in [0.2, 0.25) is 11.8 Å². The summed E-state index contributed by atoms with van der Waals surface area (Å²) >= 11 is 6.29. The predicted octanol–water partition coefficient (Wildman–Crippen LogP) is 5.11. The number of likely N-dealkylation sites (tertiary alicyclic amines) is 1. The molecule has 0 bridgehead atoms. The summed E-state index contributed by atoms with van der Waals surface area (Å²) in [5.41, 5.74) is 4.04. The zero-order valence-corrected chi connectivity index (χ0v) is 24.7. The average Bonchev–Trinajstić information content (AvgIpc) is 3.36. The number of phenolic OH excluding ortho intramolecular Hbond substituents is 1. The first kappa shape index (κ1) is 28.3. The molecule has 1 saturated carbocycles. The van der Waals surface area contributed by atoms with Crippen molar-refractivity contribution in [2.45, 2.75) is 31.1 Å². The van der Waals surface area contributed by atoms with Crippen LogP contribution in [0, 0.1) is 36.4 Å². The highest BCUT2D eigenvalue weighted by Crippen LogP contribution is 2.65. The first-order chi connectivity index (χ1) is 21.0. The number of para-hydroxylation sites is 1. The highest BCUT2D eigenvalue weighted by atomic mass is 35.5. The molecule has 3 aromatic rings. The lowest BCUT2D eigenvalue weighted by Crippen LogP contribution is -2.53. The molecule has 7 rings (SSSR count). The van der Waals surface area contributed by atoms with Crippen molar-refractivity contribution in [1.29, 1.82) is 0 Å². The van der Waals surface area contributed by atoms with E-state index in [0.29, 0.717) is 33.8 Å². The van der Waals surface area contributed by atoms with Crippen molar-refractivity contribution in [2.24, 2.45) is 23.7 Å². The van der Waals surface area contributed by atoms with Gasteiger partial charge >= 0.3 is 0 Å². The second-order valence-electron chi connectivity index (χ2n) is 12.1. The van der Waals surface area contributed by atoms with Crippen molar-refractivity contribution in [3.63, 3.8) is 0 Å². The molecular formula is C34H29ClFN3O5. The highest BCUT2D eigenvalue weighted by Gasteiger charge is 2.70. The molecule has 3 fully saturated rings. The minimum Gasteiger partial charge on any atom is -0.507 e. The number of imide groups is 2. The van der Waals surface area contributed by atoms with Crippen LogP contribution in [0.15, 0.2) is 78.4 Å². The average molecular weight is 614 g/mol. The van der Waals surface area contributed by atoms with Gasteiger partial charge in [-0.25, -0.2) is 4.39 Å². The number of hydrogen-bond donors (Lipinski definition) is 2. The molecular weight excluding hydrogens is 585 g/mol. The zero-order chi connectivity index (χ0) is 31.1. The molecule has 2 aliphatic heterocycles. The van der Waals surface area contributed by atoms with E-state index in [1.165, 1.54) is 31.3 Å². The van der Waals surface area contributed by atoms with Gasteiger partial charge in [-0.15, -0.1) is 0 Å². The topological polar surface area (TPSA) is 107 Å². The number of aryl methyl sites for hydroxylation is 1. The zero-order valence-electron chi connectivity index (χ0n) is 24.0. The van der Waals surface area contributed by atoms with Gasteiger partial charge in [0.15, 0.2) is 0 Å². The number of nitrogens with zero attached hydrogens (tertiary/aromatic N) is 2. The number of nitrogens with one attached hydrogen (secondary N) is 1. The Labute approximate surface area is 258 Å². The lowest BCUT2D eigenvalue weighted by atomic mass is 9.49. The third-order valence-corrected chi connectivity index (χ3v) is 10.3. The molecule has 3 aromatic carbocycles. The van der Waals surface area contributed by atoms with Crippen LogP contribution in [0.25, 0.3) is 0 Å². The molecule has 8 nitrogen and oxygen atoms in total. The van der Waals surface area contributed by atoms with Crippen molar-refractivity contribution >= 4 is 40.9 Å². The number of fused-ring (bicyclic) bond motifs is 4. The van der Waals surface area contributed by atoms with Crippen molar-refractivity contribution in [3.8, 4) is 5.75 Å². The van der Waals surface area contributed by atoms with Crippen LogP contribution in [0.2, 0.25) is 5.02 Å². The number of phenols is 1. The summed E-state index contributed by atoms with van der Waals surface area (Å²) in [5, 5.41) is 13.0. The van der Waals surface area contributed by atoms with E-state index in [0.717, 1.165) is 15.5 Å². The monoisotopic (exact) mass is 613 g/mol. The number of hydrazine groups is 1. The normalized spacial score (nSPS) is 29.4. The molecule has 2 saturated heterocycles. The number of benzene rings is 3. The van der Waals surface area contributed by atoms with Gasteiger partial charge in [0.1, 0.15) is 11.6 Å². The summed E-state index contributed by atoms with van der Waals surface area (Å²) in [6, 6.07) is 17.4. The Bertz CT molecular complexity index is 1770. The van der Waals surface area contributed by atoms with E-state index in [9.17, 15) is 28.7 Å². The van der Waals surface area contributed by atoms with E-state index in [1.807, 2.05) is 6.08 Å². The fraction of sp³-hybridized carbons (Fsp3) is 0.294. The molecule has 0 radical (unpaired) electrons. The third-order valence-electron chi connectivity index (χ3n) is 10.1. The molecule has 44 heavy (non-hydrogen) atoms. The summed E-state index contributed by atoms with van der Waals surface area (Å²) < 4.78 is 13.7. The van der Waals surface area contributed by atoms with Crippen LogP contribution in [-0.4, -0.2) is 45.7 Å². The summed E-state index contributed by atoms with van der Waals surface area (Å²) in [7, 11) is 1.48. The quantitative estimate of drug-likeness (QED) is 0.313. The Morgan fingerprint density at radius 3 is 2.34 bits per heavy atom. The molecule has 6 atom stereocenters. The van der Waals surface area contributed by atoms with Gasteiger partial charge in [-0.2, -0.15) is 5.01 Å². The maximum atomic E-state index is 15.0. The molecule has 2 N–H and O–H groups in total. The molecule has 0 aromatic heterocycles. The van der Waals surface area contributed by atoms with Gasteiger partial charge in [-0.05, 0) is 73.2 Å². The van der Waals surface area contributed by atoms with Crippen molar-refractivity contribution in [1.82, 2.24) is 9.91 Å². The molecule has 10 heteroatoms. The van der Waals surface area contributed by atoms with E-state index in [1.54, 1.807) is 49.4 Å². The van der Waals surface area contributed by atoms with Gasteiger partial charge < -0.3 is 5.11 Å². The number of allylic oxidation sites excluding steroid dienone is 2. The second kappa shape index (κ2) is 10.0. The number of carbonyl (C=O) groups excluding carboxylic acids is 4. The Kier molecular flexibility index (Phi) is 6.44. The number of carbonyl (C=O) groups is 4. The van der Waals surface area contributed by atoms with E-state index in [2.05, 4.69) is 5.43 Å². The Morgan fingerprint density at radius 1 is 0.932 bits per heavy atom. The van der Waals surface area contributed by atoms with Crippen LogP contribution in [0.5, 0.6) is 5.75 Å². The van der Waals surface area contributed by atoms with Crippen molar-refractivity contribution in [2.75, 3.05) is 12.5 Å².